The highest BCUT2D eigenvalue weighted by molar-refractivity contribution is 5.84. The lowest BCUT2D eigenvalue weighted by atomic mass is 9.79. The summed E-state index contributed by atoms with van der Waals surface area (Å²) in [5.74, 6) is -0.533. The normalized spacial score (nSPS) is 11.6. The van der Waals surface area contributed by atoms with E-state index in [1.54, 1.807) is 0 Å². The van der Waals surface area contributed by atoms with E-state index < -0.39 is 11.4 Å². The van der Waals surface area contributed by atoms with Gasteiger partial charge in [-0.05, 0) is 18.8 Å². The maximum Gasteiger partial charge on any atom is 0.310 e. The molecule has 0 atom stereocenters. The standard InChI is InChI=1S/C14H27NO3/c1-5-11(6-2)10-15-12(16)9-14(7-3,8-4)13(17)18/h11H,5-10H2,1-4H3,(H,15,16)(H,17,18). The summed E-state index contributed by atoms with van der Waals surface area (Å²) >= 11 is 0. The van der Waals surface area contributed by atoms with Crippen LogP contribution in [0.5, 0.6) is 0 Å². The summed E-state index contributed by atoms with van der Waals surface area (Å²) < 4.78 is 0. The molecule has 2 N–H and O–H groups in total. The second kappa shape index (κ2) is 8.11. The monoisotopic (exact) mass is 257 g/mol. The Bertz CT molecular complexity index is 268. The lowest BCUT2D eigenvalue weighted by molar-refractivity contribution is -0.152. The van der Waals surface area contributed by atoms with Crippen LogP contribution in [0.2, 0.25) is 0 Å². The van der Waals surface area contributed by atoms with Crippen LogP contribution in [0.3, 0.4) is 0 Å². The van der Waals surface area contributed by atoms with Crippen LogP contribution in [0, 0.1) is 11.3 Å². The summed E-state index contributed by atoms with van der Waals surface area (Å²) in [7, 11) is 0. The zero-order valence-corrected chi connectivity index (χ0v) is 12.1. The van der Waals surface area contributed by atoms with E-state index in [1.165, 1.54) is 0 Å². The van der Waals surface area contributed by atoms with Crippen LogP contribution in [0.15, 0.2) is 0 Å². The van der Waals surface area contributed by atoms with Gasteiger partial charge in [-0.3, -0.25) is 9.59 Å². The number of aliphatic carboxylic acids is 1. The summed E-state index contributed by atoms with van der Waals surface area (Å²) in [6.07, 6.45) is 3.11. The molecule has 0 aliphatic heterocycles. The first-order chi connectivity index (χ1) is 8.45. The van der Waals surface area contributed by atoms with E-state index in [-0.39, 0.29) is 12.3 Å². The number of nitrogens with one attached hydrogen (secondary N) is 1. The van der Waals surface area contributed by atoms with Crippen LogP contribution in [0.1, 0.15) is 59.8 Å². The molecule has 0 saturated heterocycles. The van der Waals surface area contributed by atoms with Crippen LogP contribution >= 0.6 is 0 Å². The van der Waals surface area contributed by atoms with E-state index in [4.69, 9.17) is 0 Å². The van der Waals surface area contributed by atoms with E-state index in [0.29, 0.717) is 25.3 Å². The van der Waals surface area contributed by atoms with E-state index in [1.807, 2.05) is 13.8 Å². The number of carbonyl (C=O) groups excluding carboxylic acids is 1. The average molecular weight is 257 g/mol. The third-order valence-electron chi connectivity index (χ3n) is 4.05. The smallest absolute Gasteiger partial charge is 0.310 e. The summed E-state index contributed by atoms with van der Waals surface area (Å²) in [4.78, 5) is 23.1. The van der Waals surface area contributed by atoms with E-state index in [0.717, 1.165) is 12.8 Å². The summed E-state index contributed by atoms with van der Waals surface area (Å²) in [5, 5.41) is 12.1. The van der Waals surface area contributed by atoms with Crippen molar-refractivity contribution in [2.75, 3.05) is 6.54 Å². The van der Waals surface area contributed by atoms with E-state index in [9.17, 15) is 14.7 Å². The Morgan fingerprint density at radius 2 is 1.61 bits per heavy atom. The molecule has 0 unspecified atom stereocenters. The molecule has 106 valence electrons. The minimum absolute atomic E-state index is 0.0789. The lowest BCUT2D eigenvalue weighted by Gasteiger charge is -2.26. The average Bonchev–Trinajstić information content (AvgIpc) is 2.36. The topological polar surface area (TPSA) is 66.4 Å². The van der Waals surface area contributed by atoms with Crippen molar-refractivity contribution in [1.82, 2.24) is 5.32 Å². The van der Waals surface area contributed by atoms with Gasteiger partial charge in [-0.25, -0.2) is 0 Å². The molecule has 18 heavy (non-hydrogen) atoms. The van der Waals surface area contributed by atoms with Crippen LogP contribution < -0.4 is 5.32 Å². The fourth-order valence-electron chi connectivity index (χ4n) is 2.08. The Kier molecular flexibility index (Phi) is 7.64. The van der Waals surface area contributed by atoms with Crippen molar-refractivity contribution in [2.24, 2.45) is 11.3 Å². The summed E-state index contributed by atoms with van der Waals surface area (Å²) in [6.45, 7) is 8.49. The van der Waals surface area contributed by atoms with Gasteiger partial charge in [0.1, 0.15) is 0 Å². The Morgan fingerprint density at radius 3 is 1.94 bits per heavy atom. The maximum atomic E-state index is 11.8. The quantitative estimate of drug-likeness (QED) is 0.667. The molecule has 0 aliphatic carbocycles. The third-order valence-corrected chi connectivity index (χ3v) is 4.05. The molecule has 0 radical (unpaired) electrons. The van der Waals surface area contributed by atoms with Gasteiger partial charge in [-0.1, -0.05) is 40.5 Å². The molecule has 0 bridgehead atoms. The molecule has 0 aromatic carbocycles. The highest BCUT2D eigenvalue weighted by Gasteiger charge is 2.37. The molecule has 1 amide bonds. The minimum Gasteiger partial charge on any atom is -0.481 e. The van der Waals surface area contributed by atoms with Crippen molar-refractivity contribution in [2.45, 2.75) is 59.8 Å². The van der Waals surface area contributed by atoms with Gasteiger partial charge in [0, 0.05) is 13.0 Å². The number of hydrogen-bond acceptors (Lipinski definition) is 2. The molecule has 0 heterocycles. The third kappa shape index (κ3) is 4.67. The first-order valence-corrected chi connectivity index (χ1v) is 6.95. The molecule has 0 saturated carbocycles. The van der Waals surface area contributed by atoms with Gasteiger partial charge < -0.3 is 10.4 Å². The second-order valence-electron chi connectivity index (χ2n) is 4.96. The van der Waals surface area contributed by atoms with Gasteiger partial charge in [0.15, 0.2) is 0 Å². The fraction of sp³-hybridized carbons (Fsp3) is 0.857. The van der Waals surface area contributed by atoms with Gasteiger partial charge in [-0.15, -0.1) is 0 Å². The molecular formula is C14H27NO3. The molecule has 0 aliphatic rings. The molecule has 0 fully saturated rings. The number of amides is 1. The number of carboxylic acid groups (broad SMARTS) is 1. The van der Waals surface area contributed by atoms with Crippen molar-refractivity contribution in [3.05, 3.63) is 0 Å². The molecule has 0 aromatic heterocycles. The molecule has 4 nitrogen and oxygen atoms in total. The lowest BCUT2D eigenvalue weighted by Crippen LogP contribution is -2.38. The predicted molar refractivity (Wildman–Crippen MR) is 72.3 cm³/mol. The maximum absolute atomic E-state index is 11.8. The van der Waals surface area contributed by atoms with Crippen LogP contribution in [-0.2, 0) is 9.59 Å². The summed E-state index contributed by atoms with van der Waals surface area (Å²) in [6, 6.07) is 0. The van der Waals surface area contributed by atoms with Gasteiger partial charge in [0.25, 0.3) is 0 Å². The van der Waals surface area contributed by atoms with Gasteiger partial charge in [0.05, 0.1) is 5.41 Å². The highest BCUT2D eigenvalue weighted by atomic mass is 16.4. The Labute approximate surface area is 110 Å². The fourth-order valence-corrected chi connectivity index (χ4v) is 2.08. The van der Waals surface area contributed by atoms with Crippen LogP contribution in [-0.4, -0.2) is 23.5 Å². The largest absolute Gasteiger partial charge is 0.481 e. The van der Waals surface area contributed by atoms with Gasteiger partial charge in [0.2, 0.25) is 5.91 Å². The molecule has 0 spiro atoms. The zero-order valence-electron chi connectivity index (χ0n) is 12.1. The number of hydrogen-bond donors (Lipinski definition) is 2. The Hall–Kier alpha value is -1.06. The van der Waals surface area contributed by atoms with Crippen molar-refractivity contribution in [3.63, 3.8) is 0 Å². The van der Waals surface area contributed by atoms with Gasteiger partial charge in [-0.2, -0.15) is 0 Å². The van der Waals surface area contributed by atoms with Crippen LogP contribution in [0.4, 0.5) is 0 Å². The van der Waals surface area contributed by atoms with Crippen molar-refractivity contribution >= 4 is 11.9 Å². The van der Waals surface area contributed by atoms with Crippen molar-refractivity contribution < 1.29 is 14.7 Å². The Morgan fingerprint density at radius 1 is 1.11 bits per heavy atom. The van der Waals surface area contributed by atoms with Crippen LogP contribution in [0.25, 0.3) is 0 Å². The van der Waals surface area contributed by atoms with Gasteiger partial charge >= 0.3 is 5.97 Å². The molecule has 0 aromatic rings. The molecular weight excluding hydrogens is 230 g/mol. The first-order valence-electron chi connectivity index (χ1n) is 6.95. The minimum atomic E-state index is -0.905. The molecule has 4 heteroatoms. The number of carbonyl (C=O) groups is 2. The van der Waals surface area contributed by atoms with E-state index in [2.05, 4.69) is 19.2 Å². The number of carboxylic acids is 1. The predicted octanol–water partition coefficient (Wildman–Crippen LogP) is 2.82. The summed E-state index contributed by atoms with van der Waals surface area (Å²) in [5.41, 5.74) is -0.905. The Balaban J connectivity index is 4.40. The molecule has 0 rings (SSSR count). The highest BCUT2D eigenvalue weighted by Crippen LogP contribution is 2.30. The second-order valence-corrected chi connectivity index (χ2v) is 4.96. The first kappa shape index (κ1) is 16.9. The zero-order chi connectivity index (χ0) is 14.2. The SMILES string of the molecule is CCC(CC)CNC(=O)CC(CC)(CC)C(=O)O. The van der Waals surface area contributed by atoms with Crippen molar-refractivity contribution in [3.8, 4) is 0 Å². The van der Waals surface area contributed by atoms with E-state index >= 15 is 0 Å². The van der Waals surface area contributed by atoms with Crippen molar-refractivity contribution in [1.29, 1.82) is 0 Å². The number of rotatable bonds is 9.